The predicted molar refractivity (Wildman–Crippen MR) is 82.3 cm³/mol. The molecule has 25 heavy (non-hydrogen) atoms. The Morgan fingerprint density at radius 2 is 2.04 bits per heavy atom. The molecule has 3 rings (SSSR count). The lowest BCUT2D eigenvalue weighted by atomic mass is 9.81. The number of sulfonamides is 1. The third-order valence-electron chi connectivity index (χ3n) is 5.39. The third kappa shape index (κ3) is 2.83. The molecular formula is C16H18F3NO4S. The third-order valence-corrected chi connectivity index (χ3v) is 7.36. The number of hydrogen-bond donors (Lipinski definition) is 1. The molecule has 5 nitrogen and oxygen atoms in total. The molecule has 1 aromatic carbocycles. The molecular weight excluding hydrogens is 359 g/mol. The number of carbonyl (C=O) groups is 1. The lowest BCUT2D eigenvalue weighted by molar-refractivity contribution is -0.149. The van der Waals surface area contributed by atoms with E-state index in [0.717, 1.165) is 28.9 Å². The van der Waals surface area contributed by atoms with Gasteiger partial charge in [-0.2, -0.15) is 17.5 Å². The van der Waals surface area contributed by atoms with E-state index in [1.54, 1.807) is 0 Å². The fourth-order valence-corrected chi connectivity index (χ4v) is 5.79. The quantitative estimate of drug-likeness (QED) is 0.879. The topological polar surface area (TPSA) is 74.7 Å². The first-order valence-corrected chi connectivity index (χ1v) is 9.34. The zero-order valence-corrected chi connectivity index (χ0v) is 14.3. The van der Waals surface area contributed by atoms with Crippen LogP contribution in [0.1, 0.15) is 30.4 Å². The van der Waals surface area contributed by atoms with E-state index in [1.165, 1.54) is 6.92 Å². The molecule has 0 radical (unpaired) electrons. The Hall–Kier alpha value is -1.61. The van der Waals surface area contributed by atoms with Crippen LogP contribution in [0, 0.1) is 18.3 Å². The molecule has 0 amide bonds. The van der Waals surface area contributed by atoms with E-state index in [-0.39, 0.29) is 29.5 Å². The van der Waals surface area contributed by atoms with Gasteiger partial charge >= 0.3 is 12.1 Å². The summed E-state index contributed by atoms with van der Waals surface area (Å²) in [6, 6.07) is 2.50. The molecule has 2 fully saturated rings. The van der Waals surface area contributed by atoms with E-state index in [2.05, 4.69) is 0 Å². The van der Waals surface area contributed by atoms with Gasteiger partial charge in [-0.05, 0) is 49.4 Å². The fraction of sp³-hybridized carbons (Fsp3) is 0.562. The predicted octanol–water partition coefficient (Wildman–Crippen LogP) is 2.89. The molecule has 0 aromatic heterocycles. The van der Waals surface area contributed by atoms with Crippen LogP contribution in [0.2, 0.25) is 0 Å². The average Bonchev–Trinajstić information content (AvgIpc) is 3.03. The van der Waals surface area contributed by atoms with Crippen molar-refractivity contribution >= 4 is 16.0 Å². The van der Waals surface area contributed by atoms with Gasteiger partial charge < -0.3 is 5.11 Å². The number of fused-ring (bicyclic) bond motifs is 1. The summed E-state index contributed by atoms with van der Waals surface area (Å²) in [4.78, 5) is 11.5. The second kappa shape index (κ2) is 5.70. The number of alkyl halides is 3. The molecule has 1 N–H and O–H groups in total. The zero-order valence-electron chi connectivity index (χ0n) is 13.5. The van der Waals surface area contributed by atoms with Crippen LogP contribution in [0.15, 0.2) is 23.1 Å². The number of aliphatic carboxylic acids is 1. The van der Waals surface area contributed by atoms with Gasteiger partial charge in [0.1, 0.15) is 0 Å². The summed E-state index contributed by atoms with van der Waals surface area (Å²) < 4.78 is 65.1. The van der Waals surface area contributed by atoms with Crippen LogP contribution in [-0.4, -0.2) is 36.9 Å². The molecule has 0 bridgehead atoms. The molecule has 1 saturated carbocycles. The van der Waals surface area contributed by atoms with Crippen molar-refractivity contribution in [2.75, 3.05) is 13.1 Å². The Kier molecular flexibility index (Phi) is 4.15. The van der Waals surface area contributed by atoms with Crippen LogP contribution in [0.5, 0.6) is 0 Å². The van der Waals surface area contributed by atoms with Crippen molar-refractivity contribution in [3.63, 3.8) is 0 Å². The molecule has 138 valence electrons. The maximum atomic E-state index is 12.9. The summed E-state index contributed by atoms with van der Waals surface area (Å²) in [6.45, 7) is 1.27. The van der Waals surface area contributed by atoms with E-state index in [0.29, 0.717) is 12.8 Å². The molecule has 1 saturated heterocycles. The van der Waals surface area contributed by atoms with E-state index in [1.807, 2.05) is 0 Å². The highest BCUT2D eigenvalue weighted by molar-refractivity contribution is 7.89. The van der Waals surface area contributed by atoms with Crippen LogP contribution >= 0.6 is 0 Å². The standard InChI is InChI=1S/C16H18F3NO4S/c1-10-7-11(16(17,18)19)4-5-13(10)25(23,24)20-8-12-3-2-6-15(12,9-20)14(21)22/h4-5,7,12H,2-3,6,8-9H2,1H3,(H,21,22)/t12-,15+/m0/s1. The van der Waals surface area contributed by atoms with Gasteiger partial charge in [-0.3, -0.25) is 4.79 Å². The Bertz CT molecular complexity index is 821. The zero-order chi connectivity index (χ0) is 18.6. The number of carboxylic acids is 1. The van der Waals surface area contributed by atoms with E-state index in [4.69, 9.17) is 0 Å². The number of hydrogen-bond acceptors (Lipinski definition) is 3. The van der Waals surface area contributed by atoms with Gasteiger partial charge in [-0.1, -0.05) is 6.42 Å². The smallest absolute Gasteiger partial charge is 0.416 e. The Labute approximate surface area is 143 Å². The Balaban J connectivity index is 1.95. The lowest BCUT2D eigenvalue weighted by Crippen LogP contribution is -2.37. The first-order valence-electron chi connectivity index (χ1n) is 7.90. The minimum Gasteiger partial charge on any atom is -0.481 e. The van der Waals surface area contributed by atoms with Crippen LogP contribution < -0.4 is 0 Å². The average molecular weight is 377 g/mol. The summed E-state index contributed by atoms with van der Waals surface area (Å²) in [5, 5.41) is 9.56. The highest BCUT2D eigenvalue weighted by atomic mass is 32.2. The van der Waals surface area contributed by atoms with E-state index in [9.17, 15) is 31.5 Å². The van der Waals surface area contributed by atoms with Gasteiger partial charge in [0.2, 0.25) is 10.0 Å². The number of nitrogens with zero attached hydrogens (tertiary/aromatic N) is 1. The van der Waals surface area contributed by atoms with Crippen molar-refractivity contribution in [3.05, 3.63) is 29.3 Å². The lowest BCUT2D eigenvalue weighted by Gasteiger charge is -2.23. The van der Waals surface area contributed by atoms with Crippen molar-refractivity contribution in [1.82, 2.24) is 4.31 Å². The monoisotopic (exact) mass is 377 g/mol. The highest BCUT2D eigenvalue weighted by Gasteiger charge is 2.57. The van der Waals surface area contributed by atoms with Crippen molar-refractivity contribution < 1.29 is 31.5 Å². The van der Waals surface area contributed by atoms with Gasteiger partial charge in [-0.15, -0.1) is 0 Å². The minimum absolute atomic E-state index is 0.00346. The number of rotatable bonds is 3. The van der Waals surface area contributed by atoms with Crippen molar-refractivity contribution in [3.8, 4) is 0 Å². The molecule has 0 spiro atoms. The first-order chi connectivity index (χ1) is 11.5. The summed E-state index contributed by atoms with van der Waals surface area (Å²) in [7, 11) is -4.04. The summed E-state index contributed by atoms with van der Waals surface area (Å²) >= 11 is 0. The number of aryl methyl sites for hydroxylation is 1. The highest BCUT2D eigenvalue weighted by Crippen LogP contribution is 2.50. The molecule has 1 aromatic rings. The minimum atomic E-state index is -4.55. The van der Waals surface area contributed by atoms with E-state index < -0.39 is 33.1 Å². The summed E-state index contributed by atoms with van der Waals surface area (Å²) in [5.41, 5.74) is -1.99. The number of carboxylic acid groups (broad SMARTS) is 1. The Morgan fingerprint density at radius 1 is 1.36 bits per heavy atom. The second-order valence-electron chi connectivity index (χ2n) is 6.83. The van der Waals surface area contributed by atoms with E-state index >= 15 is 0 Å². The van der Waals surface area contributed by atoms with Crippen LogP contribution in [0.25, 0.3) is 0 Å². The van der Waals surface area contributed by atoms with Crippen molar-refractivity contribution in [2.24, 2.45) is 11.3 Å². The first kappa shape index (κ1) is 18.2. The SMILES string of the molecule is Cc1cc(C(F)(F)F)ccc1S(=O)(=O)N1C[C@@H]2CCC[C@@]2(C(=O)O)C1. The van der Waals surface area contributed by atoms with Gasteiger partial charge in [0.15, 0.2) is 0 Å². The number of benzene rings is 1. The molecule has 2 aliphatic rings. The van der Waals surface area contributed by atoms with Gasteiger partial charge in [0.05, 0.1) is 15.9 Å². The molecule has 9 heteroatoms. The van der Waals surface area contributed by atoms with Crippen LogP contribution in [0.3, 0.4) is 0 Å². The van der Waals surface area contributed by atoms with Gasteiger partial charge in [0, 0.05) is 13.1 Å². The normalized spacial score (nSPS) is 27.4. The van der Waals surface area contributed by atoms with Crippen LogP contribution in [0.4, 0.5) is 13.2 Å². The molecule has 1 heterocycles. The summed E-state index contributed by atoms with van der Waals surface area (Å²) in [6.07, 6.45) is -2.75. The molecule has 0 unspecified atom stereocenters. The van der Waals surface area contributed by atoms with Crippen molar-refractivity contribution in [1.29, 1.82) is 0 Å². The Morgan fingerprint density at radius 3 is 2.56 bits per heavy atom. The molecule has 1 aliphatic heterocycles. The second-order valence-corrected chi connectivity index (χ2v) is 8.73. The molecule has 2 atom stereocenters. The fourth-order valence-electron chi connectivity index (χ4n) is 4.03. The van der Waals surface area contributed by atoms with Gasteiger partial charge in [0.25, 0.3) is 0 Å². The van der Waals surface area contributed by atoms with Gasteiger partial charge in [-0.25, -0.2) is 8.42 Å². The van der Waals surface area contributed by atoms with Crippen LogP contribution in [-0.2, 0) is 21.0 Å². The number of halogens is 3. The maximum Gasteiger partial charge on any atom is 0.416 e. The molecule has 1 aliphatic carbocycles. The maximum absolute atomic E-state index is 12.9. The largest absolute Gasteiger partial charge is 0.481 e. The summed E-state index contributed by atoms with van der Waals surface area (Å²) in [5.74, 6) is -1.26. The van der Waals surface area contributed by atoms with Crippen molar-refractivity contribution in [2.45, 2.75) is 37.3 Å².